The Morgan fingerprint density at radius 1 is 1.32 bits per heavy atom. The fraction of sp³-hybridized carbons (Fsp3) is 0.455. The van der Waals surface area contributed by atoms with Crippen molar-refractivity contribution in [2.45, 2.75) is 13.3 Å². The monoisotopic (exact) mass is 290 g/mol. The molecule has 0 saturated heterocycles. The molecule has 0 saturated carbocycles. The number of halogens is 1. The second-order valence-corrected chi connectivity index (χ2v) is 6.36. The van der Waals surface area contributed by atoms with Gasteiger partial charge in [0.05, 0.1) is 11.5 Å². The Labute approximate surface area is 112 Å². The molecule has 0 heterocycles. The lowest BCUT2D eigenvalue weighted by atomic mass is 9.79. The molecule has 106 valence electrons. The van der Waals surface area contributed by atoms with Gasteiger partial charge in [0.25, 0.3) is 0 Å². The Morgan fingerprint density at radius 3 is 2.58 bits per heavy atom. The normalized spacial score (nSPS) is 11.4. The molecule has 0 aromatic heterocycles. The third kappa shape index (κ3) is 5.18. The Morgan fingerprint density at radius 2 is 2.00 bits per heavy atom. The van der Waals surface area contributed by atoms with Crippen molar-refractivity contribution in [1.29, 1.82) is 0 Å². The van der Waals surface area contributed by atoms with E-state index in [1.807, 2.05) is 0 Å². The van der Waals surface area contributed by atoms with E-state index in [4.69, 9.17) is 14.8 Å². The van der Waals surface area contributed by atoms with E-state index < -0.39 is 22.8 Å². The van der Waals surface area contributed by atoms with Crippen molar-refractivity contribution in [3.8, 4) is 5.75 Å². The van der Waals surface area contributed by atoms with Gasteiger partial charge in [-0.25, -0.2) is 12.8 Å². The minimum absolute atomic E-state index is 0.0584. The summed E-state index contributed by atoms with van der Waals surface area (Å²) in [7, 11) is -5.04. The van der Waals surface area contributed by atoms with Crippen molar-refractivity contribution < 1.29 is 27.6 Å². The van der Waals surface area contributed by atoms with Crippen LogP contribution in [-0.2, 0) is 9.84 Å². The molecule has 0 aliphatic carbocycles. The van der Waals surface area contributed by atoms with Gasteiger partial charge in [-0.2, -0.15) is 0 Å². The van der Waals surface area contributed by atoms with Gasteiger partial charge in [0, 0.05) is 5.46 Å². The van der Waals surface area contributed by atoms with Crippen molar-refractivity contribution in [2.75, 3.05) is 18.1 Å². The molecule has 0 amide bonds. The van der Waals surface area contributed by atoms with Crippen molar-refractivity contribution in [3.05, 3.63) is 24.0 Å². The second kappa shape index (κ2) is 6.88. The van der Waals surface area contributed by atoms with E-state index in [9.17, 15) is 12.8 Å². The van der Waals surface area contributed by atoms with Crippen molar-refractivity contribution in [1.82, 2.24) is 0 Å². The highest BCUT2D eigenvalue weighted by Crippen LogP contribution is 2.10. The minimum Gasteiger partial charge on any atom is -0.493 e. The third-order valence-electron chi connectivity index (χ3n) is 2.42. The maximum absolute atomic E-state index is 12.9. The second-order valence-electron chi connectivity index (χ2n) is 4.06. The molecule has 0 radical (unpaired) electrons. The van der Waals surface area contributed by atoms with E-state index in [0.717, 1.165) is 12.1 Å². The highest BCUT2D eigenvalue weighted by atomic mass is 32.2. The number of ether oxygens (including phenoxy) is 1. The fourth-order valence-corrected chi connectivity index (χ4v) is 2.71. The summed E-state index contributed by atoms with van der Waals surface area (Å²) in [6, 6.07) is 3.26. The molecule has 2 N–H and O–H groups in total. The molecular formula is C11H16BFO5S. The number of benzene rings is 1. The Bertz CT molecular complexity index is 518. The lowest BCUT2D eigenvalue weighted by Gasteiger charge is -2.11. The Kier molecular flexibility index (Phi) is 5.77. The molecule has 0 atom stereocenters. The van der Waals surface area contributed by atoms with Crippen LogP contribution in [0.2, 0.25) is 0 Å². The number of sulfone groups is 1. The van der Waals surface area contributed by atoms with Crippen LogP contribution in [-0.4, -0.2) is 43.7 Å². The van der Waals surface area contributed by atoms with Gasteiger partial charge in [0.1, 0.15) is 18.2 Å². The third-order valence-corrected chi connectivity index (χ3v) is 4.24. The van der Waals surface area contributed by atoms with E-state index >= 15 is 0 Å². The van der Waals surface area contributed by atoms with Crippen molar-refractivity contribution in [2.24, 2.45) is 0 Å². The van der Waals surface area contributed by atoms with Gasteiger partial charge in [-0.3, -0.25) is 0 Å². The van der Waals surface area contributed by atoms with Crippen LogP contribution < -0.4 is 10.2 Å². The molecule has 0 spiro atoms. The van der Waals surface area contributed by atoms with E-state index in [-0.39, 0.29) is 29.3 Å². The average Bonchev–Trinajstić information content (AvgIpc) is 2.30. The largest absolute Gasteiger partial charge is 0.493 e. The first-order valence-electron chi connectivity index (χ1n) is 5.84. The highest BCUT2D eigenvalue weighted by molar-refractivity contribution is 7.91. The summed E-state index contributed by atoms with van der Waals surface area (Å²) in [5.74, 6) is -0.661. The zero-order chi connectivity index (χ0) is 14.5. The van der Waals surface area contributed by atoms with Crippen LogP contribution in [0.15, 0.2) is 18.2 Å². The van der Waals surface area contributed by atoms with E-state index in [0.29, 0.717) is 6.42 Å². The van der Waals surface area contributed by atoms with Gasteiger partial charge in [-0.15, -0.1) is 0 Å². The van der Waals surface area contributed by atoms with E-state index in [2.05, 4.69) is 0 Å². The Balaban J connectivity index is 2.68. The summed E-state index contributed by atoms with van der Waals surface area (Å²) in [6.07, 6.45) is 0.527. The van der Waals surface area contributed by atoms with Gasteiger partial charge in [-0.05, 0) is 24.6 Å². The van der Waals surface area contributed by atoms with Gasteiger partial charge in [-0.1, -0.05) is 6.92 Å². The molecule has 0 fully saturated rings. The van der Waals surface area contributed by atoms with Gasteiger partial charge < -0.3 is 14.8 Å². The summed E-state index contributed by atoms with van der Waals surface area (Å²) in [5, 5.41) is 18.1. The number of rotatable bonds is 7. The summed E-state index contributed by atoms with van der Waals surface area (Å²) in [4.78, 5) is 0. The number of hydrogen-bond acceptors (Lipinski definition) is 5. The molecule has 0 unspecified atom stereocenters. The molecule has 1 rings (SSSR count). The van der Waals surface area contributed by atoms with Gasteiger partial charge in [0.15, 0.2) is 9.84 Å². The predicted octanol–water partition coefficient (Wildman–Crippen LogP) is -0.291. The predicted molar refractivity (Wildman–Crippen MR) is 70.7 cm³/mol. The van der Waals surface area contributed by atoms with Crippen LogP contribution in [0, 0.1) is 5.82 Å². The molecule has 0 aliphatic heterocycles. The summed E-state index contributed by atoms with van der Waals surface area (Å²) in [6.45, 7) is 1.65. The maximum Gasteiger partial charge on any atom is 0.492 e. The first-order valence-corrected chi connectivity index (χ1v) is 7.66. The van der Waals surface area contributed by atoms with Crippen LogP contribution in [0.25, 0.3) is 0 Å². The molecule has 0 aliphatic rings. The summed E-state index contributed by atoms with van der Waals surface area (Å²) < 4.78 is 41.0. The smallest absolute Gasteiger partial charge is 0.492 e. The van der Waals surface area contributed by atoms with Crippen LogP contribution in [0.1, 0.15) is 13.3 Å². The lowest BCUT2D eigenvalue weighted by molar-refractivity contribution is 0.340. The summed E-state index contributed by atoms with van der Waals surface area (Å²) in [5.41, 5.74) is -0.132. The quantitative estimate of drug-likeness (QED) is 0.674. The number of hydrogen-bond donors (Lipinski definition) is 2. The zero-order valence-electron chi connectivity index (χ0n) is 10.5. The van der Waals surface area contributed by atoms with Crippen molar-refractivity contribution >= 4 is 22.4 Å². The first kappa shape index (κ1) is 15.9. The van der Waals surface area contributed by atoms with Crippen molar-refractivity contribution in [3.63, 3.8) is 0 Å². The standard InChI is InChI=1S/C11H16BFO5S/c1-2-6-19(16,17)7-5-18-11-4-3-9(13)8-10(11)12(14)15/h3-4,8,14-15H,2,5-7H2,1H3. The van der Waals surface area contributed by atoms with Crippen LogP contribution in [0.3, 0.4) is 0 Å². The van der Waals surface area contributed by atoms with Crippen LogP contribution in [0.5, 0.6) is 5.75 Å². The van der Waals surface area contributed by atoms with E-state index in [1.54, 1.807) is 6.92 Å². The van der Waals surface area contributed by atoms with E-state index in [1.165, 1.54) is 6.07 Å². The maximum atomic E-state index is 12.9. The molecule has 1 aromatic carbocycles. The molecule has 19 heavy (non-hydrogen) atoms. The fourth-order valence-electron chi connectivity index (χ4n) is 1.54. The molecule has 5 nitrogen and oxygen atoms in total. The lowest BCUT2D eigenvalue weighted by Crippen LogP contribution is -2.32. The summed E-state index contributed by atoms with van der Waals surface area (Å²) >= 11 is 0. The molecule has 1 aromatic rings. The van der Waals surface area contributed by atoms with Gasteiger partial charge in [0.2, 0.25) is 0 Å². The van der Waals surface area contributed by atoms with Crippen LogP contribution >= 0.6 is 0 Å². The van der Waals surface area contributed by atoms with Crippen LogP contribution in [0.4, 0.5) is 4.39 Å². The molecule has 8 heteroatoms. The molecule has 0 bridgehead atoms. The minimum atomic E-state index is -3.17. The first-order chi connectivity index (χ1) is 8.85. The molecular weight excluding hydrogens is 274 g/mol. The van der Waals surface area contributed by atoms with Gasteiger partial charge >= 0.3 is 7.12 Å². The zero-order valence-corrected chi connectivity index (χ0v) is 11.4. The SMILES string of the molecule is CCCS(=O)(=O)CCOc1ccc(F)cc1B(O)O. The average molecular weight is 290 g/mol. The topological polar surface area (TPSA) is 83.8 Å². The highest BCUT2D eigenvalue weighted by Gasteiger charge is 2.18. The Hall–Kier alpha value is -1.12.